The first kappa shape index (κ1) is 14.3. The van der Waals surface area contributed by atoms with Crippen LogP contribution in [0.15, 0.2) is 21.9 Å². The Kier molecular flexibility index (Phi) is 4.47. The van der Waals surface area contributed by atoms with Gasteiger partial charge >= 0.3 is 0 Å². The van der Waals surface area contributed by atoms with Crippen molar-refractivity contribution >= 4 is 29.3 Å². The lowest BCUT2D eigenvalue weighted by Gasteiger charge is -2.08. The fourth-order valence-electron chi connectivity index (χ4n) is 2.21. The van der Waals surface area contributed by atoms with E-state index in [0.717, 1.165) is 20.9 Å². The van der Waals surface area contributed by atoms with Crippen LogP contribution in [0.3, 0.4) is 0 Å². The molecule has 2 rings (SSSR count). The number of rotatable bonds is 4. The van der Waals surface area contributed by atoms with E-state index in [2.05, 4.69) is 0 Å². The molecule has 0 saturated heterocycles. The number of hydrogen-bond acceptors (Lipinski definition) is 5. The quantitative estimate of drug-likeness (QED) is 0.796. The van der Waals surface area contributed by atoms with E-state index in [-0.39, 0.29) is 5.78 Å². The van der Waals surface area contributed by atoms with Crippen LogP contribution in [-0.2, 0) is 6.42 Å². The molecule has 0 amide bonds. The molecule has 0 N–H and O–H groups in total. The summed E-state index contributed by atoms with van der Waals surface area (Å²) in [5.74, 6) is 1.38. The smallest absolute Gasteiger partial charge is 0.191 e. The Bertz CT molecular complexity index is 544. The molecule has 0 bridgehead atoms. The first-order valence-corrected chi connectivity index (χ1v) is 8.21. The summed E-state index contributed by atoms with van der Waals surface area (Å²) >= 11 is 3.24. The van der Waals surface area contributed by atoms with Gasteiger partial charge in [-0.1, -0.05) is 0 Å². The number of methoxy groups -OCH3 is 2. The number of thioether (sulfide) groups is 2. The van der Waals surface area contributed by atoms with Crippen molar-refractivity contribution in [3.05, 3.63) is 33.1 Å². The number of Topliss-reactive ketones (excluding diaryl/α,β-unsaturated/α-hetero) is 1. The monoisotopic (exact) mass is 296 g/mol. The molecule has 0 spiro atoms. The highest BCUT2D eigenvalue weighted by Crippen LogP contribution is 2.40. The summed E-state index contributed by atoms with van der Waals surface area (Å²) in [4.78, 5) is 12.4. The Balaban J connectivity index is 2.52. The predicted molar refractivity (Wildman–Crippen MR) is 81.6 cm³/mol. The van der Waals surface area contributed by atoms with Crippen LogP contribution in [-0.4, -0.2) is 32.5 Å². The molecular formula is C14H16O3S2. The molecule has 0 fully saturated rings. The van der Waals surface area contributed by atoms with E-state index in [9.17, 15) is 4.79 Å². The summed E-state index contributed by atoms with van der Waals surface area (Å²) in [5.41, 5.74) is 2.62. The minimum atomic E-state index is 0.106. The number of ketones is 1. The predicted octanol–water partition coefficient (Wildman–Crippen LogP) is 3.38. The molecule has 1 aromatic rings. The molecule has 0 aliphatic heterocycles. The normalized spacial score (nSPS) is 13.5. The summed E-state index contributed by atoms with van der Waals surface area (Å²) in [6, 6.07) is 3.68. The molecule has 0 heterocycles. The lowest BCUT2D eigenvalue weighted by molar-refractivity contribution is 0.103. The van der Waals surface area contributed by atoms with E-state index in [1.807, 2.05) is 18.6 Å². The van der Waals surface area contributed by atoms with Crippen molar-refractivity contribution in [1.29, 1.82) is 0 Å². The Hall–Kier alpha value is -1.07. The SMILES string of the molecule is COc1cc2c(cc1OC)C(=O)C(=C(SC)SC)C2. The van der Waals surface area contributed by atoms with Crippen molar-refractivity contribution in [3.8, 4) is 11.5 Å². The van der Waals surface area contributed by atoms with Crippen molar-refractivity contribution in [2.75, 3.05) is 26.7 Å². The van der Waals surface area contributed by atoms with Gasteiger partial charge in [-0.25, -0.2) is 0 Å². The zero-order chi connectivity index (χ0) is 14.0. The van der Waals surface area contributed by atoms with Gasteiger partial charge in [0.1, 0.15) is 0 Å². The van der Waals surface area contributed by atoms with Crippen molar-refractivity contribution < 1.29 is 14.3 Å². The maximum Gasteiger partial charge on any atom is 0.191 e. The summed E-state index contributed by atoms with van der Waals surface area (Å²) < 4.78 is 11.6. The van der Waals surface area contributed by atoms with Gasteiger partial charge < -0.3 is 9.47 Å². The number of hydrogen-bond donors (Lipinski definition) is 0. The van der Waals surface area contributed by atoms with Crippen LogP contribution in [0.4, 0.5) is 0 Å². The number of allylic oxidation sites excluding steroid dienone is 1. The molecule has 1 aliphatic rings. The van der Waals surface area contributed by atoms with Gasteiger partial charge in [-0.05, 0) is 30.2 Å². The molecule has 3 nitrogen and oxygen atoms in total. The van der Waals surface area contributed by atoms with E-state index in [4.69, 9.17) is 9.47 Å². The molecular weight excluding hydrogens is 280 g/mol. The molecule has 19 heavy (non-hydrogen) atoms. The highest BCUT2D eigenvalue weighted by Gasteiger charge is 2.29. The van der Waals surface area contributed by atoms with Crippen molar-refractivity contribution in [1.82, 2.24) is 0 Å². The number of carbonyl (C=O) groups is 1. The molecule has 1 aromatic carbocycles. The lowest BCUT2D eigenvalue weighted by atomic mass is 10.1. The minimum absolute atomic E-state index is 0.106. The van der Waals surface area contributed by atoms with E-state index < -0.39 is 0 Å². The third-order valence-electron chi connectivity index (χ3n) is 3.11. The van der Waals surface area contributed by atoms with E-state index in [1.54, 1.807) is 43.8 Å². The van der Waals surface area contributed by atoms with Crippen LogP contribution in [0.25, 0.3) is 0 Å². The van der Waals surface area contributed by atoms with Crippen LogP contribution in [0.2, 0.25) is 0 Å². The number of benzene rings is 1. The average molecular weight is 296 g/mol. The Morgan fingerprint density at radius 1 is 1.11 bits per heavy atom. The van der Waals surface area contributed by atoms with Crippen LogP contribution < -0.4 is 9.47 Å². The molecule has 0 aromatic heterocycles. The lowest BCUT2D eigenvalue weighted by Crippen LogP contribution is -1.98. The first-order chi connectivity index (χ1) is 9.15. The molecule has 102 valence electrons. The highest BCUT2D eigenvalue weighted by molar-refractivity contribution is 8.21. The van der Waals surface area contributed by atoms with Gasteiger partial charge in [0.25, 0.3) is 0 Å². The van der Waals surface area contributed by atoms with E-state index >= 15 is 0 Å². The molecule has 0 atom stereocenters. The largest absolute Gasteiger partial charge is 0.493 e. The average Bonchev–Trinajstić information content (AvgIpc) is 2.75. The van der Waals surface area contributed by atoms with Gasteiger partial charge in [0.15, 0.2) is 17.3 Å². The summed E-state index contributed by atoms with van der Waals surface area (Å²) in [6.07, 6.45) is 4.66. The highest BCUT2D eigenvalue weighted by atomic mass is 32.2. The van der Waals surface area contributed by atoms with Crippen molar-refractivity contribution in [2.24, 2.45) is 0 Å². The minimum Gasteiger partial charge on any atom is -0.493 e. The van der Waals surface area contributed by atoms with Crippen molar-refractivity contribution in [2.45, 2.75) is 6.42 Å². The summed E-state index contributed by atoms with van der Waals surface area (Å²) in [6.45, 7) is 0. The van der Waals surface area contributed by atoms with Gasteiger partial charge in [0.2, 0.25) is 0 Å². The van der Waals surface area contributed by atoms with Crippen LogP contribution >= 0.6 is 23.5 Å². The summed E-state index contributed by atoms with van der Waals surface area (Å²) in [5, 5.41) is 0. The third-order valence-corrected chi connectivity index (χ3v) is 5.35. The number of carbonyl (C=O) groups excluding carboxylic acids is 1. The Labute approximate surface area is 121 Å². The Morgan fingerprint density at radius 3 is 2.21 bits per heavy atom. The van der Waals surface area contributed by atoms with Crippen LogP contribution in [0.5, 0.6) is 11.5 Å². The van der Waals surface area contributed by atoms with Crippen LogP contribution in [0, 0.1) is 0 Å². The van der Waals surface area contributed by atoms with Gasteiger partial charge in [0, 0.05) is 21.8 Å². The van der Waals surface area contributed by atoms with Gasteiger partial charge in [-0.2, -0.15) is 0 Å². The van der Waals surface area contributed by atoms with Crippen LogP contribution in [0.1, 0.15) is 15.9 Å². The fourth-order valence-corrected chi connectivity index (χ4v) is 3.70. The maximum absolute atomic E-state index is 12.4. The Morgan fingerprint density at radius 2 is 1.68 bits per heavy atom. The van der Waals surface area contributed by atoms with Crippen molar-refractivity contribution in [3.63, 3.8) is 0 Å². The second-order valence-corrected chi connectivity index (χ2v) is 5.94. The molecule has 5 heteroatoms. The fraction of sp³-hybridized carbons (Fsp3) is 0.357. The zero-order valence-electron chi connectivity index (χ0n) is 11.4. The standard InChI is InChI=1S/C14H16O3S2/c1-16-11-6-8-5-10(14(18-3)19-4)13(15)9(8)7-12(11)17-2/h6-7H,5H2,1-4H3. The molecule has 1 aliphatic carbocycles. The van der Waals surface area contributed by atoms with Gasteiger partial charge in [0.05, 0.1) is 14.2 Å². The van der Waals surface area contributed by atoms with E-state index in [1.165, 1.54) is 0 Å². The van der Waals surface area contributed by atoms with E-state index in [0.29, 0.717) is 17.9 Å². The van der Waals surface area contributed by atoms with Gasteiger partial charge in [-0.3, -0.25) is 4.79 Å². The second kappa shape index (κ2) is 5.92. The molecule has 0 unspecified atom stereocenters. The number of ether oxygens (including phenoxy) is 2. The number of fused-ring (bicyclic) bond motifs is 1. The topological polar surface area (TPSA) is 35.5 Å². The van der Waals surface area contributed by atoms with Gasteiger partial charge in [-0.15, -0.1) is 23.5 Å². The molecule has 0 saturated carbocycles. The second-order valence-electron chi connectivity index (χ2n) is 4.04. The molecule has 0 radical (unpaired) electrons. The summed E-state index contributed by atoms with van der Waals surface area (Å²) in [7, 11) is 3.18. The zero-order valence-corrected chi connectivity index (χ0v) is 13.0. The first-order valence-electron chi connectivity index (χ1n) is 5.77. The third kappa shape index (κ3) is 2.49. The maximum atomic E-state index is 12.4.